The van der Waals surface area contributed by atoms with Crippen LogP contribution >= 0.6 is 15.9 Å². The van der Waals surface area contributed by atoms with E-state index in [-0.39, 0.29) is 6.10 Å². The molecule has 1 aromatic rings. The zero-order valence-corrected chi connectivity index (χ0v) is 13.5. The van der Waals surface area contributed by atoms with E-state index in [9.17, 15) is 0 Å². The predicted octanol–water partition coefficient (Wildman–Crippen LogP) is 4.16. The molecule has 0 aliphatic heterocycles. The predicted molar refractivity (Wildman–Crippen MR) is 81.3 cm³/mol. The summed E-state index contributed by atoms with van der Waals surface area (Å²) in [5.74, 6) is 1.40. The van der Waals surface area contributed by atoms with Crippen molar-refractivity contribution in [2.24, 2.45) is 5.92 Å². The Labute approximate surface area is 119 Å². The van der Waals surface area contributed by atoms with Crippen molar-refractivity contribution >= 4 is 15.9 Å². The maximum Gasteiger partial charge on any atom is 0.133 e. The minimum atomic E-state index is 0.186. The van der Waals surface area contributed by atoms with Gasteiger partial charge in [-0.15, -0.1) is 0 Å². The first-order valence-electron chi connectivity index (χ1n) is 6.56. The molecular weight excluding hydrogens is 290 g/mol. The lowest BCUT2D eigenvalue weighted by Crippen LogP contribution is -2.38. The van der Waals surface area contributed by atoms with Gasteiger partial charge in [0.2, 0.25) is 0 Å². The summed E-state index contributed by atoms with van der Waals surface area (Å²) in [5, 5.41) is 3.44. The molecule has 0 saturated heterocycles. The van der Waals surface area contributed by atoms with Gasteiger partial charge in [0.1, 0.15) is 11.9 Å². The van der Waals surface area contributed by atoms with Crippen molar-refractivity contribution in [1.29, 1.82) is 0 Å². The molecule has 0 spiro atoms. The number of hydrogen-bond donors (Lipinski definition) is 1. The highest BCUT2D eigenvalue weighted by atomic mass is 79.9. The number of nitrogens with one attached hydrogen (secondary N) is 1. The number of hydrogen-bond acceptors (Lipinski definition) is 2. The van der Waals surface area contributed by atoms with Gasteiger partial charge in [-0.1, -0.05) is 33.8 Å². The summed E-state index contributed by atoms with van der Waals surface area (Å²) in [7, 11) is 0. The fourth-order valence-corrected chi connectivity index (χ4v) is 2.22. The Morgan fingerprint density at radius 3 is 2.39 bits per heavy atom. The lowest BCUT2D eigenvalue weighted by molar-refractivity contribution is 0.145. The van der Waals surface area contributed by atoms with Crippen molar-refractivity contribution in [2.75, 3.05) is 6.54 Å². The van der Waals surface area contributed by atoms with Crippen molar-refractivity contribution in [3.63, 3.8) is 0 Å². The van der Waals surface area contributed by atoms with E-state index in [0.29, 0.717) is 12.0 Å². The molecule has 1 unspecified atom stereocenters. The second kappa shape index (κ2) is 7.15. The average molecular weight is 314 g/mol. The van der Waals surface area contributed by atoms with Crippen molar-refractivity contribution in [3.8, 4) is 5.75 Å². The molecule has 0 fully saturated rings. The Morgan fingerprint density at radius 1 is 1.22 bits per heavy atom. The van der Waals surface area contributed by atoms with Crippen molar-refractivity contribution in [1.82, 2.24) is 5.32 Å². The fraction of sp³-hybridized carbons (Fsp3) is 0.600. The van der Waals surface area contributed by atoms with Crippen LogP contribution in [0, 0.1) is 12.8 Å². The molecule has 0 saturated carbocycles. The molecule has 0 aliphatic rings. The monoisotopic (exact) mass is 313 g/mol. The second-order valence-electron chi connectivity index (χ2n) is 5.40. The van der Waals surface area contributed by atoms with Crippen LogP contribution in [0.2, 0.25) is 0 Å². The van der Waals surface area contributed by atoms with E-state index in [1.807, 2.05) is 6.07 Å². The molecule has 3 heteroatoms. The smallest absolute Gasteiger partial charge is 0.133 e. The van der Waals surface area contributed by atoms with Crippen LogP contribution in [0.4, 0.5) is 0 Å². The number of rotatable bonds is 6. The number of aryl methyl sites for hydroxylation is 1. The first-order chi connectivity index (χ1) is 8.40. The largest absolute Gasteiger partial charge is 0.488 e. The molecule has 0 amide bonds. The third kappa shape index (κ3) is 4.99. The van der Waals surface area contributed by atoms with Gasteiger partial charge >= 0.3 is 0 Å². The maximum atomic E-state index is 6.10. The Kier molecular flexibility index (Phi) is 6.16. The van der Waals surface area contributed by atoms with E-state index in [1.54, 1.807) is 0 Å². The molecule has 0 heterocycles. The zero-order valence-electron chi connectivity index (χ0n) is 12.0. The summed E-state index contributed by atoms with van der Waals surface area (Å²) < 4.78 is 7.13. The highest BCUT2D eigenvalue weighted by molar-refractivity contribution is 9.10. The molecule has 0 aliphatic carbocycles. The van der Waals surface area contributed by atoms with Crippen LogP contribution in [0.15, 0.2) is 22.7 Å². The van der Waals surface area contributed by atoms with Crippen LogP contribution in [0.25, 0.3) is 0 Å². The van der Waals surface area contributed by atoms with E-state index >= 15 is 0 Å². The van der Waals surface area contributed by atoms with Crippen LogP contribution in [-0.2, 0) is 0 Å². The number of ether oxygens (including phenoxy) is 1. The summed E-state index contributed by atoms with van der Waals surface area (Å²) in [6, 6.07) is 6.68. The molecule has 1 aromatic carbocycles. The number of halogens is 1. The third-order valence-corrected chi connectivity index (χ3v) is 3.46. The van der Waals surface area contributed by atoms with Gasteiger partial charge in [-0.05, 0) is 46.5 Å². The van der Waals surface area contributed by atoms with Crippen LogP contribution < -0.4 is 10.1 Å². The molecule has 0 aromatic heterocycles. The summed E-state index contributed by atoms with van der Waals surface area (Å²) >= 11 is 3.56. The average Bonchev–Trinajstić information content (AvgIpc) is 2.26. The van der Waals surface area contributed by atoms with Crippen molar-refractivity contribution in [2.45, 2.75) is 46.8 Å². The van der Waals surface area contributed by atoms with E-state index in [2.05, 4.69) is 68.0 Å². The molecule has 1 rings (SSSR count). The topological polar surface area (TPSA) is 21.3 Å². The third-order valence-electron chi connectivity index (χ3n) is 2.84. The molecule has 102 valence electrons. The molecule has 18 heavy (non-hydrogen) atoms. The van der Waals surface area contributed by atoms with Crippen LogP contribution in [-0.4, -0.2) is 18.7 Å². The van der Waals surface area contributed by atoms with Gasteiger partial charge in [0.25, 0.3) is 0 Å². The Bertz CT molecular complexity index is 377. The van der Waals surface area contributed by atoms with Gasteiger partial charge in [0, 0.05) is 12.6 Å². The lowest BCUT2D eigenvalue weighted by atomic mass is 10.1. The fourth-order valence-electron chi connectivity index (χ4n) is 1.63. The number of benzene rings is 1. The van der Waals surface area contributed by atoms with E-state index < -0.39 is 0 Å². The summed E-state index contributed by atoms with van der Waals surface area (Å²) in [6.07, 6.45) is 0.186. The SMILES string of the molecule is Cc1ccc(OC(CNC(C)C)C(C)C)c(Br)c1. The first-order valence-corrected chi connectivity index (χ1v) is 7.35. The van der Waals surface area contributed by atoms with Gasteiger partial charge in [0.15, 0.2) is 0 Å². The Balaban J connectivity index is 2.70. The molecular formula is C15H24BrNO. The first kappa shape index (κ1) is 15.5. The van der Waals surface area contributed by atoms with Gasteiger partial charge in [0.05, 0.1) is 4.47 Å². The zero-order chi connectivity index (χ0) is 13.7. The normalized spacial score (nSPS) is 13.1. The summed E-state index contributed by atoms with van der Waals surface area (Å²) in [5.41, 5.74) is 1.23. The lowest BCUT2D eigenvalue weighted by Gasteiger charge is -2.24. The molecule has 0 bridgehead atoms. The highest BCUT2D eigenvalue weighted by Crippen LogP contribution is 2.27. The summed E-state index contributed by atoms with van der Waals surface area (Å²) in [6.45, 7) is 11.6. The Morgan fingerprint density at radius 2 is 1.89 bits per heavy atom. The van der Waals surface area contributed by atoms with Gasteiger partial charge in [-0.25, -0.2) is 0 Å². The molecule has 1 N–H and O–H groups in total. The van der Waals surface area contributed by atoms with Crippen LogP contribution in [0.1, 0.15) is 33.3 Å². The standard InChI is InChI=1S/C15H24BrNO/c1-10(2)15(9-17-11(3)4)18-14-7-6-12(5)8-13(14)16/h6-8,10-11,15,17H,9H2,1-5H3. The second-order valence-corrected chi connectivity index (χ2v) is 6.25. The van der Waals surface area contributed by atoms with E-state index in [0.717, 1.165) is 16.8 Å². The quantitative estimate of drug-likeness (QED) is 0.851. The molecule has 0 radical (unpaired) electrons. The van der Waals surface area contributed by atoms with Crippen LogP contribution in [0.3, 0.4) is 0 Å². The molecule has 1 atom stereocenters. The van der Waals surface area contributed by atoms with Gasteiger partial charge < -0.3 is 10.1 Å². The van der Waals surface area contributed by atoms with E-state index in [1.165, 1.54) is 5.56 Å². The summed E-state index contributed by atoms with van der Waals surface area (Å²) in [4.78, 5) is 0. The minimum Gasteiger partial charge on any atom is -0.488 e. The van der Waals surface area contributed by atoms with Crippen molar-refractivity contribution in [3.05, 3.63) is 28.2 Å². The maximum absolute atomic E-state index is 6.10. The highest BCUT2D eigenvalue weighted by Gasteiger charge is 2.16. The van der Waals surface area contributed by atoms with Gasteiger partial charge in [-0.3, -0.25) is 0 Å². The minimum absolute atomic E-state index is 0.186. The van der Waals surface area contributed by atoms with Gasteiger partial charge in [-0.2, -0.15) is 0 Å². The molecule has 2 nitrogen and oxygen atoms in total. The van der Waals surface area contributed by atoms with Crippen LogP contribution in [0.5, 0.6) is 5.75 Å². The van der Waals surface area contributed by atoms with Crippen molar-refractivity contribution < 1.29 is 4.74 Å². The Hall–Kier alpha value is -0.540. The van der Waals surface area contributed by atoms with E-state index in [4.69, 9.17) is 4.74 Å².